The Kier molecular flexibility index (Phi) is 5.46. The smallest absolute Gasteiger partial charge is 0.244 e. The molecule has 2 aromatic carbocycles. The van der Waals surface area contributed by atoms with Crippen LogP contribution in [0.3, 0.4) is 0 Å². The highest BCUT2D eigenvalue weighted by molar-refractivity contribution is 5.65. The number of aryl methyl sites for hydroxylation is 2. The number of anilines is 3. The third-order valence-corrected chi connectivity index (χ3v) is 4.31. The van der Waals surface area contributed by atoms with E-state index in [0.29, 0.717) is 24.2 Å². The van der Waals surface area contributed by atoms with Crippen LogP contribution >= 0.6 is 0 Å². The zero-order valence-electron chi connectivity index (χ0n) is 15.7. The molecule has 5 heteroatoms. The molecule has 0 fully saturated rings. The molecule has 0 saturated carbocycles. The van der Waals surface area contributed by atoms with Crippen LogP contribution in [0.1, 0.15) is 42.0 Å². The van der Waals surface area contributed by atoms with Gasteiger partial charge in [0.1, 0.15) is 0 Å². The third-order valence-electron chi connectivity index (χ3n) is 4.31. The van der Waals surface area contributed by atoms with Crippen LogP contribution in [0, 0.1) is 13.8 Å². The maximum Gasteiger partial charge on any atom is 0.244 e. The van der Waals surface area contributed by atoms with Gasteiger partial charge in [0.15, 0.2) is 5.82 Å². The van der Waals surface area contributed by atoms with Gasteiger partial charge in [0, 0.05) is 12.2 Å². The van der Waals surface area contributed by atoms with Crippen LogP contribution in [0.15, 0.2) is 48.7 Å². The number of benzene rings is 2. The van der Waals surface area contributed by atoms with Crippen molar-refractivity contribution in [1.82, 2.24) is 15.2 Å². The van der Waals surface area contributed by atoms with E-state index in [1.807, 2.05) is 0 Å². The summed E-state index contributed by atoms with van der Waals surface area (Å²) in [5.41, 5.74) is 5.96. The Labute approximate surface area is 154 Å². The highest BCUT2D eigenvalue weighted by Gasteiger charge is 2.10. The molecular formula is C21H25N5. The molecule has 0 unspecified atom stereocenters. The topological polar surface area (TPSA) is 62.7 Å². The van der Waals surface area contributed by atoms with Gasteiger partial charge in [0.05, 0.1) is 6.20 Å². The maximum atomic E-state index is 4.55. The predicted octanol–water partition coefficient (Wildman–Crippen LogP) is 4.97. The Morgan fingerprint density at radius 3 is 2.50 bits per heavy atom. The van der Waals surface area contributed by atoms with Crippen LogP contribution in [-0.4, -0.2) is 15.2 Å². The van der Waals surface area contributed by atoms with Crippen molar-refractivity contribution in [3.05, 3.63) is 70.9 Å². The summed E-state index contributed by atoms with van der Waals surface area (Å²) in [6.07, 6.45) is 1.65. The average molecular weight is 347 g/mol. The lowest BCUT2D eigenvalue weighted by Gasteiger charge is -2.16. The lowest BCUT2D eigenvalue weighted by Crippen LogP contribution is -2.07. The van der Waals surface area contributed by atoms with E-state index in [2.05, 4.69) is 96.0 Å². The number of hydrogen-bond donors (Lipinski definition) is 2. The molecule has 0 aliphatic carbocycles. The van der Waals surface area contributed by atoms with Gasteiger partial charge >= 0.3 is 0 Å². The van der Waals surface area contributed by atoms with Gasteiger partial charge in [0.2, 0.25) is 5.95 Å². The number of hydrogen-bond acceptors (Lipinski definition) is 5. The first-order valence-electron chi connectivity index (χ1n) is 8.88. The summed E-state index contributed by atoms with van der Waals surface area (Å²) in [6, 6.07) is 14.7. The predicted molar refractivity (Wildman–Crippen MR) is 107 cm³/mol. The van der Waals surface area contributed by atoms with E-state index in [0.717, 1.165) is 5.69 Å². The monoisotopic (exact) mass is 347 g/mol. The van der Waals surface area contributed by atoms with Gasteiger partial charge in [-0.2, -0.15) is 10.1 Å². The van der Waals surface area contributed by atoms with Crippen molar-refractivity contribution in [1.29, 1.82) is 0 Å². The Hall–Kier alpha value is -2.95. The average Bonchev–Trinajstić information content (AvgIpc) is 2.63. The molecule has 1 heterocycles. The van der Waals surface area contributed by atoms with E-state index < -0.39 is 0 Å². The van der Waals surface area contributed by atoms with Gasteiger partial charge in [0.25, 0.3) is 0 Å². The summed E-state index contributed by atoms with van der Waals surface area (Å²) >= 11 is 0. The number of aromatic nitrogens is 3. The van der Waals surface area contributed by atoms with Crippen molar-refractivity contribution in [2.45, 2.75) is 40.2 Å². The van der Waals surface area contributed by atoms with Gasteiger partial charge < -0.3 is 10.6 Å². The fraction of sp³-hybridized carbons (Fsp3) is 0.286. The summed E-state index contributed by atoms with van der Waals surface area (Å²) in [6.45, 7) is 9.21. The molecular weight excluding hydrogens is 322 g/mol. The summed E-state index contributed by atoms with van der Waals surface area (Å²) in [5, 5.41) is 14.8. The number of nitrogens with one attached hydrogen (secondary N) is 2. The lowest BCUT2D eigenvalue weighted by atomic mass is 9.98. The minimum Gasteiger partial charge on any atom is -0.349 e. The van der Waals surface area contributed by atoms with Gasteiger partial charge in [-0.05, 0) is 36.5 Å². The fourth-order valence-corrected chi connectivity index (χ4v) is 2.80. The highest BCUT2D eigenvalue weighted by Crippen LogP contribution is 2.29. The van der Waals surface area contributed by atoms with Crippen molar-refractivity contribution in [3.63, 3.8) is 0 Å². The molecule has 5 nitrogen and oxygen atoms in total. The highest BCUT2D eigenvalue weighted by atomic mass is 15.3. The first-order chi connectivity index (χ1) is 12.5. The minimum atomic E-state index is 0.423. The molecule has 26 heavy (non-hydrogen) atoms. The van der Waals surface area contributed by atoms with Gasteiger partial charge in [-0.1, -0.05) is 61.9 Å². The standard InChI is InChI=1S/C21H25N5/c1-14(2)18-7-5-6-16(4)20(18)24-19-13-23-26-21(25-19)22-12-17-10-8-15(3)9-11-17/h5-11,13-14H,12H2,1-4H3,(H2,22,24,25,26). The van der Waals surface area contributed by atoms with Crippen LogP contribution in [-0.2, 0) is 6.54 Å². The molecule has 0 spiro atoms. The first-order valence-corrected chi connectivity index (χ1v) is 8.88. The largest absolute Gasteiger partial charge is 0.349 e. The molecule has 3 aromatic rings. The Balaban J connectivity index is 1.75. The van der Waals surface area contributed by atoms with E-state index in [9.17, 15) is 0 Å². The summed E-state index contributed by atoms with van der Waals surface area (Å²) in [5.74, 6) is 1.61. The second kappa shape index (κ2) is 7.95. The molecule has 3 rings (SSSR count). The third kappa shape index (κ3) is 4.36. The number of para-hydroxylation sites is 1. The molecule has 0 bridgehead atoms. The molecule has 0 aliphatic rings. The Bertz CT molecular complexity index is 872. The summed E-state index contributed by atoms with van der Waals surface area (Å²) in [4.78, 5) is 4.55. The van der Waals surface area contributed by atoms with Crippen LogP contribution in [0.2, 0.25) is 0 Å². The fourth-order valence-electron chi connectivity index (χ4n) is 2.80. The summed E-state index contributed by atoms with van der Waals surface area (Å²) in [7, 11) is 0. The zero-order valence-corrected chi connectivity index (χ0v) is 15.7. The molecule has 134 valence electrons. The number of nitrogens with zero attached hydrogens (tertiary/aromatic N) is 3. The lowest BCUT2D eigenvalue weighted by molar-refractivity contribution is 0.866. The second-order valence-corrected chi connectivity index (χ2v) is 6.82. The van der Waals surface area contributed by atoms with Crippen LogP contribution in [0.5, 0.6) is 0 Å². The Morgan fingerprint density at radius 1 is 1.00 bits per heavy atom. The second-order valence-electron chi connectivity index (χ2n) is 6.82. The summed E-state index contributed by atoms with van der Waals surface area (Å²) < 4.78 is 0. The normalized spacial score (nSPS) is 10.8. The SMILES string of the molecule is Cc1ccc(CNc2nncc(Nc3c(C)cccc3C(C)C)n2)cc1. The van der Waals surface area contributed by atoms with Crippen molar-refractivity contribution < 1.29 is 0 Å². The van der Waals surface area contributed by atoms with Crippen molar-refractivity contribution >= 4 is 17.5 Å². The van der Waals surface area contributed by atoms with Crippen LogP contribution in [0.4, 0.5) is 17.5 Å². The number of rotatable bonds is 6. The quantitative estimate of drug-likeness (QED) is 0.659. The van der Waals surface area contributed by atoms with E-state index in [-0.39, 0.29) is 0 Å². The molecule has 0 saturated heterocycles. The first kappa shape index (κ1) is 17.9. The molecule has 0 aliphatic heterocycles. The maximum absolute atomic E-state index is 4.55. The van der Waals surface area contributed by atoms with Gasteiger partial charge in [-0.3, -0.25) is 0 Å². The van der Waals surface area contributed by atoms with Crippen LogP contribution in [0.25, 0.3) is 0 Å². The van der Waals surface area contributed by atoms with Crippen LogP contribution < -0.4 is 10.6 Å². The van der Waals surface area contributed by atoms with Crippen molar-refractivity contribution in [2.24, 2.45) is 0 Å². The molecule has 2 N–H and O–H groups in total. The van der Waals surface area contributed by atoms with E-state index >= 15 is 0 Å². The van der Waals surface area contributed by atoms with E-state index in [1.165, 1.54) is 22.3 Å². The van der Waals surface area contributed by atoms with Gasteiger partial charge in [-0.25, -0.2) is 0 Å². The molecule has 0 radical (unpaired) electrons. The molecule has 0 amide bonds. The molecule has 0 atom stereocenters. The van der Waals surface area contributed by atoms with E-state index in [4.69, 9.17) is 0 Å². The van der Waals surface area contributed by atoms with Crippen molar-refractivity contribution in [2.75, 3.05) is 10.6 Å². The van der Waals surface area contributed by atoms with Crippen molar-refractivity contribution in [3.8, 4) is 0 Å². The zero-order chi connectivity index (χ0) is 18.5. The van der Waals surface area contributed by atoms with Gasteiger partial charge in [-0.15, -0.1) is 5.10 Å². The molecule has 1 aromatic heterocycles. The Morgan fingerprint density at radius 2 is 1.77 bits per heavy atom. The minimum absolute atomic E-state index is 0.423. The van der Waals surface area contributed by atoms with E-state index in [1.54, 1.807) is 6.20 Å².